The monoisotopic (exact) mass is 175 g/mol. The molecule has 0 unspecified atom stereocenters. The van der Waals surface area contributed by atoms with Crippen LogP contribution in [-0.4, -0.2) is 28.7 Å². The summed E-state index contributed by atoms with van der Waals surface area (Å²) in [6.07, 6.45) is -0.246. The molecule has 1 rings (SSSR count). The highest BCUT2D eigenvalue weighted by atomic mass is 19.1. The molecule has 5 heteroatoms. The molecule has 0 atom stereocenters. The smallest absolute Gasteiger partial charge is 0.341 e. The van der Waals surface area contributed by atoms with Gasteiger partial charge in [-0.1, -0.05) is 0 Å². The van der Waals surface area contributed by atoms with E-state index in [1.165, 1.54) is 6.92 Å². The Balaban J connectivity index is 2.37. The summed E-state index contributed by atoms with van der Waals surface area (Å²) in [4.78, 5) is 20.7. The van der Waals surface area contributed by atoms with Gasteiger partial charge in [0.2, 0.25) is 11.6 Å². The number of amides is 1. The highest BCUT2D eigenvalue weighted by molar-refractivity contribution is 5.80. The van der Waals surface area contributed by atoms with Crippen LogP contribution in [-0.2, 0) is 9.59 Å². The van der Waals surface area contributed by atoms with Gasteiger partial charge in [0.15, 0.2) is 0 Å². The summed E-state index contributed by atoms with van der Waals surface area (Å²) in [7, 11) is 0. The third-order valence-corrected chi connectivity index (χ3v) is 1.93. The first-order valence-electron chi connectivity index (χ1n) is 3.63. The number of rotatable bonds is 2. The predicted octanol–water partition coefficient (Wildman–Crippen LogP) is 0.0778. The summed E-state index contributed by atoms with van der Waals surface area (Å²) >= 11 is 0. The first kappa shape index (κ1) is 8.96. The third kappa shape index (κ3) is 1.54. The fourth-order valence-electron chi connectivity index (χ4n) is 1.29. The second-order valence-corrected chi connectivity index (χ2v) is 3.08. The summed E-state index contributed by atoms with van der Waals surface area (Å²) < 4.78 is 13.0. The Morgan fingerprint density at radius 1 is 1.58 bits per heavy atom. The number of hydrogen-bond acceptors (Lipinski definition) is 2. The number of carbonyl (C=O) groups excluding carboxylic acids is 1. The van der Waals surface area contributed by atoms with E-state index in [1.807, 2.05) is 0 Å². The number of hydrogen-bond donors (Lipinski definition) is 2. The van der Waals surface area contributed by atoms with Crippen LogP contribution in [0.25, 0.3) is 0 Å². The van der Waals surface area contributed by atoms with Crippen LogP contribution in [0.1, 0.15) is 19.8 Å². The molecular formula is C7H10FNO3. The second-order valence-electron chi connectivity index (χ2n) is 3.08. The second kappa shape index (κ2) is 2.73. The summed E-state index contributed by atoms with van der Waals surface area (Å²) in [5, 5.41) is 10.8. The van der Waals surface area contributed by atoms with E-state index in [4.69, 9.17) is 5.11 Å². The van der Waals surface area contributed by atoms with Gasteiger partial charge in [-0.05, 0) is 0 Å². The average molecular weight is 175 g/mol. The molecule has 4 nitrogen and oxygen atoms in total. The van der Waals surface area contributed by atoms with Crippen molar-refractivity contribution in [2.24, 2.45) is 0 Å². The summed E-state index contributed by atoms with van der Waals surface area (Å²) in [6.45, 7) is 1.32. The maximum absolute atomic E-state index is 13.0. The van der Waals surface area contributed by atoms with E-state index in [0.29, 0.717) is 0 Å². The van der Waals surface area contributed by atoms with Gasteiger partial charge < -0.3 is 10.4 Å². The largest absolute Gasteiger partial charge is 0.479 e. The molecule has 68 valence electrons. The highest BCUT2D eigenvalue weighted by Gasteiger charge is 2.51. The third-order valence-electron chi connectivity index (χ3n) is 1.93. The van der Waals surface area contributed by atoms with Crippen molar-refractivity contribution in [2.45, 2.75) is 31.5 Å². The van der Waals surface area contributed by atoms with E-state index in [1.54, 1.807) is 0 Å². The molecule has 0 aromatic carbocycles. The highest BCUT2D eigenvalue weighted by Crippen LogP contribution is 2.36. The zero-order valence-electron chi connectivity index (χ0n) is 6.63. The van der Waals surface area contributed by atoms with Gasteiger partial charge in [-0.25, -0.2) is 9.18 Å². The van der Waals surface area contributed by atoms with Crippen molar-refractivity contribution < 1.29 is 19.1 Å². The van der Waals surface area contributed by atoms with E-state index in [2.05, 4.69) is 5.32 Å². The van der Waals surface area contributed by atoms with Crippen molar-refractivity contribution in [1.29, 1.82) is 0 Å². The van der Waals surface area contributed by atoms with Gasteiger partial charge >= 0.3 is 5.97 Å². The maximum atomic E-state index is 13.0. The van der Waals surface area contributed by atoms with Gasteiger partial charge in [-0.15, -0.1) is 0 Å². The number of carboxylic acid groups (broad SMARTS) is 1. The van der Waals surface area contributed by atoms with Gasteiger partial charge in [0.1, 0.15) is 0 Å². The average Bonchev–Trinajstić information content (AvgIpc) is 1.82. The van der Waals surface area contributed by atoms with Gasteiger partial charge in [0.05, 0.1) is 0 Å². The standard InChI is InChI=1S/C7H10FNO3/c1-4(10)9-5-2-7(8,3-5)6(11)12/h5H,2-3H2,1H3,(H,9,10)(H,11,12). The molecule has 0 aromatic heterocycles. The Bertz CT molecular complexity index is 223. The lowest BCUT2D eigenvalue weighted by Gasteiger charge is -2.37. The quantitative estimate of drug-likeness (QED) is 0.624. The molecular weight excluding hydrogens is 165 g/mol. The van der Waals surface area contributed by atoms with Gasteiger partial charge in [-0.2, -0.15) is 0 Å². The molecule has 0 radical (unpaired) electrons. The summed E-state index contributed by atoms with van der Waals surface area (Å²) in [5.41, 5.74) is -2.12. The SMILES string of the molecule is CC(=O)NC1CC(F)(C(=O)O)C1. The zero-order chi connectivity index (χ0) is 9.35. The molecule has 0 heterocycles. The maximum Gasteiger partial charge on any atom is 0.341 e. The number of nitrogens with one attached hydrogen (secondary N) is 1. The Kier molecular flexibility index (Phi) is 2.04. The van der Waals surface area contributed by atoms with Crippen molar-refractivity contribution in [1.82, 2.24) is 5.32 Å². The molecule has 0 aromatic rings. The minimum Gasteiger partial charge on any atom is -0.479 e. The van der Waals surface area contributed by atoms with Crippen LogP contribution >= 0.6 is 0 Å². The van der Waals surface area contributed by atoms with Crippen molar-refractivity contribution in [2.75, 3.05) is 0 Å². The lowest BCUT2D eigenvalue weighted by molar-refractivity contribution is -0.159. The molecule has 1 aliphatic carbocycles. The van der Waals surface area contributed by atoms with Crippen LogP contribution in [0.5, 0.6) is 0 Å². The van der Waals surface area contributed by atoms with E-state index < -0.39 is 11.6 Å². The Hall–Kier alpha value is -1.13. The van der Waals surface area contributed by atoms with Crippen LogP contribution < -0.4 is 5.32 Å². The number of alkyl halides is 1. The fourth-order valence-corrected chi connectivity index (χ4v) is 1.29. The molecule has 0 saturated heterocycles. The number of halogens is 1. The van der Waals surface area contributed by atoms with E-state index in [0.717, 1.165) is 0 Å². The first-order chi connectivity index (χ1) is 5.44. The molecule has 1 fully saturated rings. The van der Waals surface area contributed by atoms with Crippen molar-refractivity contribution in [3.05, 3.63) is 0 Å². The fraction of sp³-hybridized carbons (Fsp3) is 0.714. The van der Waals surface area contributed by atoms with Crippen LogP contribution in [0.3, 0.4) is 0 Å². The molecule has 1 saturated carbocycles. The molecule has 0 aliphatic heterocycles. The molecule has 2 N–H and O–H groups in total. The van der Waals surface area contributed by atoms with Gasteiger partial charge in [0.25, 0.3) is 0 Å². The predicted molar refractivity (Wildman–Crippen MR) is 38.3 cm³/mol. The summed E-state index contributed by atoms with van der Waals surface area (Å²) in [5.74, 6) is -1.70. The topological polar surface area (TPSA) is 66.4 Å². The molecule has 0 spiro atoms. The first-order valence-corrected chi connectivity index (χ1v) is 3.63. The molecule has 0 bridgehead atoms. The Morgan fingerprint density at radius 3 is 2.42 bits per heavy atom. The summed E-state index contributed by atoms with van der Waals surface area (Å²) in [6, 6.07) is -0.316. The number of carbonyl (C=O) groups is 2. The van der Waals surface area contributed by atoms with E-state index >= 15 is 0 Å². The lowest BCUT2D eigenvalue weighted by atomic mass is 9.77. The number of carboxylic acids is 1. The minimum absolute atomic E-state index is 0.123. The zero-order valence-corrected chi connectivity index (χ0v) is 6.63. The Labute approximate surface area is 68.8 Å². The van der Waals surface area contributed by atoms with Crippen molar-refractivity contribution in [3.63, 3.8) is 0 Å². The Morgan fingerprint density at radius 2 is 2.08 bits per heavy atom. The van der Waals surface area contributed by atoms with Crippen molar-refractivity contribution in [3.8, 4) is 0 Å². The van der Waals surface area contributed by atoms with Crippen LogP contribution in [0.4, 0.5) is 4.39 Å². The van der Waals surface area contributed by atoms with Crippen molar-refractivity contribution >= 4 is 11.9 Å². The van der Waals surface area contributed by atoms with Gasteiger partial charge in [0, 0.05) is 25.8 Å². The van der Waals surface area contributed by atoms with E-state index in [9.17, 15) is 14.0 Å². The number of aliphatic carboxylic acids is 1. The normalized spacial score (nSPS) is 33.7. The molecule has 12 heavy (non-hydrogen) atoms. The minimum atomic E-state index is -2.12. The molecule has 1 aliphatic rings. The van der Waals surface area contributed by atoms with Crippen LogP contribution in [0.15, 0.2) is 0 Å². The van der Waals surface area contributed by atoms with Gasteiger partial charge in [-0.3, -0.25) is 4.79 Å². The van der Waals surface area contributed by atoms with E-state index in [-0.39, 0.29) is 24.8 Å². The lowest BCUT2D eigenvalue weighted by Crippen LogP contribution is -2.56. The molecule has 1 amide bonds. The van der Waals surface area contributed by atoms with Crippen LogP contribution in [0, 0.1) is 0 Å². The van der Waals surface area contributed by atoms with Crippen LogP contribution in [0.2, 0.25) is 0 Å².